The van der Waals surface area contributed by atoms with Crippen LogP contribution in [0.3, 0.4) is 0 Å². The van der Waals surface area contributed by atoms with Crippen molar-refractivity contribution in [2.45, 2.75) is 45.7 Å². The molecule has 0 fully saturated rings. The topological polar surface area (TPSA) is 57.8 Å². The molecule has 3 aromatic rings. The summed E-state index contributed by atoms with van der Waals surface area (Å²) < 4.78 is 15.9. The molecular formula is C24H23ClFN3O. The summed E-state index contributed by atoms with van der Waals surface area (Å²) >= 11 is 6.35. The Hall–Kier alpha value is -2.84. The first-order chi connectivity index (χ1) is 14.4. The van der Waals surface area contributed by atoms with Crippen molar-refractivity contribution in [3.63, 3.8) is 0 Å². The first-order valence-corrected chi connectivity index (χ1v) is 10.5. The zero-order valence-corrected chi connectivity index (χ0v) is 17.8. The van der Waals surface area contributed by atoms with Crippen molar-refractivity contribution in [3.8, 4) is 6.07 Å². The quantitative estimate of drug-likeness (QED) is 0.643. The van der Waals surface area contributed by atoms with Crippen LogP contribution in [0.1, 0.15) is 42.7 Å². The van der Waals surface area contributed by atoms with Crippen LogP contribution in [0.15, 0.2) is 36.4 Å². The Morgan fingerprint density at radius 3 is 2.87 bits per heavy atom. The number of hydrogen-bond donors (Lipinski definition) is 1. The minimum Gasteiger partial charge on any atom is -0.353 e. The number of carbonyl (C=O) groups excluding carboxylic acids is 1. The molecule has 4 rings (SSSR count). The molecule has 1 aromatic heterocycles. The predicted molar refractivity (Wildman–Crippen MR) is 116 cm³/mol. The first-order valence-electron chi connectivity index (χ1n) is 10.2. The van der Waals surface area contributed by atoms with Crippen LogP contribution in [0.4, 0.5) is 4.39 Å². The molecular weight excluding hydrogens is 401 g/mol. The highest BCUT2D eigenvalue weighted by Crippen LogP contribution is 2.36. The highest BCUT2D eigenvalue weighted by atomic mass is 35.5. The first kappa shape index (κ1) is 20.4. The molecule has 2 aromatic carbocycles. The highest BCUT2D eigenvalue weighted by molar-refractivity contribution is 6.32. The Balaban J connectivity index is 1.80. The molecule has 1 atom stereocenters. The summed E-state index contributed by atoms with van der Waals surface area (Å²) in [5, 5.41) is 14.0. The minimum atomic E-state index is -0.265. The normalized spacial score (nSPS) is 15.8. The second-order valence-corrected chi connectivity index (χ2v) is 8.61. The molecule has 0 spiro atoms. The molecule has 1 aliphatic rings. The van der Waals surface area contributed by atoms with Crippen LogP contribution in [-0.2, 0) is 24.2 Å². The van der Waals surface area contributed by atoms with Crippen LogP contribution in [0.2, 0.25) is 5.02 Å². The molecule has 6 heteroatoms. The Morgan fingerprint density at radius 2 is 2.17 bits per heavy atom. The molecule has 30 heavy (non-hydrogen) atoms. The molecule has 0 radical (unpaired) electrons. The van der Waals surface area contributed by atoms with Gasteiger partial charge in [0.15, 0.2) is 0 Å². The van der Waals surface area contributed by atoms with E-state index >= 15 is 0 Å². The maximum Gasteiger partial charge on any atom is 0.222 e. The lowest BCUT2D eigenvalue weighted by atomic mass is 9.90. The number of carbonyl (C=O) groups is 1. The Bertz CT molecular complexity index is 1180. The van der Waals surface area contributed by atoms with Gasteiger partial charge in [0, 0.05) is 29.6 Å². The number of benzene rings is 2. The molecule has 1 amide bonds. The summed E-state index contributed by atoms with van der Waals surface area (Å²) in [5.74, 6) is -0.281. The number of halogens is 2. The van der Waals surface area contributed by atoms with E-state index in [-0.39, 0.29) is 23.7 Å². The summed E-state index contributed by atoms with van der Waals surface area (Å²) in [6.45, 7) is 4.29. The van der Waals surface area contributed by atoms with Crippen LogP contribution >= 0.6 is 11.6 Å². The van der Waals surface area contributed by atoms with Gasteiger partial charge in [-0.1, -0.05) is 37.6 Å². The fourth-order valence-electron chi connectivity index (χ4n) is 4.24. The van der Waals surface area contributed by atoms with Crippen molar-refractivity contribution >= 4 is 28.4 Å². The molecule has 1 heterocycles. The maximum atomic E-state index is 13.7. The summed E-state index contributed by atoms with van der Waals surface area (Å²) in [5.41, 5.74) is 4.53. The molecule has 1 N–H and O–H groups in total. The average Bonchev–Trinajstić information content (AvgIpc) is 2.99. The van der Waals surface area contributed by atoms with Crippen LogP contribution in [-0.4, -0.2) is 16.5 Å². The lowest BCUT2D eigenvalue weighted by Gasteiger charge is -2.26. The number of nitrogens with zero attached hydrogens (tertiary/aromatic N) is 2. The second kappa shape index (κ2) is 8.12. The smallest absolute Gasteiger partial charge is 0.222 e. The predicted octanol–water partition coefficient (Wildman–Crippen LogP) is 4.98. The van der Waals surface area contributed by atoms with Crippen LogP contribution in [0.5, 0.6) is 0 Å². The standard InChI is InChI=1S/C24H23ClFN3O/c1-14(2)24(30)28-18-6-7-22-20(10-18)19-9-16(12-27)21(25)11-23(19)29(22)13-15-4-3-5-17(26)8-15/h3-5,8-9,11,14,18H,6-7,10,13H2,1-2H3,(H,28,30). The summed E-state index contributed by atoms with van der Waals surface area (Å²) in [7, 11) is 0. The monoisotopic (exact) mass is 423 g/mol. The number of nitriles is 1. The number of aromatic nitrogens is 1. The third-order valence-corrected chi connectivity index (χ3v) is 6.09. The number of fused-ring (bicyclic) bond motifs is 3. The second-order valence-electron chi connectivity index (χ2n) is 8.21. The van der Waals surface area contributed by atoms with E-state index in [1.807, 2.05) is 32.0 Å². The zero-order valence-electron chi connectivity index (χ0n) is 17.0. The van der Waals surface area contributed by atoms with Gasteiger partial charge < -0.3 is 9.88 Å². The lowest BCUT2D eigenvalue weighted by Crippen LogP contribution is -2.41. The lowest BCUT2D eigenvalue weighted by molar-refractivity contribution is -0.124. The van der Waals surface area contributed by atoms with Crippen molar-refractivity contribution in [1.29, 1.82) is 5.26 Å². The van der Waals surface area contributed by atoms with E-state index in [1.54, 1.807) is 6.07 Å². The Kier molecular flexibility index (Phi) is 5.53. The van der Waals surface area contributed by atoms with E-state index in [4.69, 9.17) is 11.6 Å². The van der Waals surface area contributed by atoms with Crippen molar-refractivity contribution in [1.82, 2.24) is 9.88 Å². The minimum absolute atomic E-state index is 0.0488. The van der Waals surface area contributed by atoms with Crippen LogP contribution in [0, 0.1) is 23.1 Å². The fourth-order valence-corrected chi connectivity index (χ4v) is 4.44. The molecule has 0 bridgehead atoms. The van der Waals surface area contributed by atoms with E-state index in [1.165, 1.54) is 12.1 Å². The zero-order chi connectivity index (χ0) is 21.4. The number of nitrogens with one attached hydrogen (secondary N) is 1. The number of amides is 1. The van der Waals surface area contributed by atoms with Gasteiger partial charge in [-0.25, -0.2) is 4.39 Å². The van der Waals surface area contributed by atoms with E-state index in [0.29, 0.717) is 23.6 Å². The summed E-state index contributed by atoms with van der Waals surface area (Å²) in [4.78, 5) is 12.2. The van der Waals surface area contributed by atoms with E-state index in [9.17, 15) is 14.4 Å². The Morgan fingerprint density at radius 1 is 1.37 bits per heavy atom. The molecule has 1 unspecified atom stereocenters. The molecule has 154 valence electrons. The van der Waals surface area contributed by atoms with Crippen molar-refractivity contribution in [2.75, 3.05) is 0 Å². The summed E-state index contributed by atoms with van der Waals surface area (Å²) in [6.07, 6.45) is 2.33. The molecule has 4 nitrogen and oxygen atoms in total. The molecule has 0 saturated heterocycles. The van der Waals surface area contributed by atoms with Gasteiger partial charge in [-0.15, -0.1) is 0 Å². The van der Waals surface area contributed by atoms with Gasteiger partial charge >= 0.3 is 0 Å². The van der Waals surface area contributed by atoms with Gasteiger partial charge in [-0.3, -0.25) is 4.79 Å². The van der Waals surface area contributed by atoms with Crippen molar-refractivity contribution in [3.05, 3.63) is 69.6 Å². The van der Waals surface area contributed by atoms with Gasteiger partial charge in [-0.05, 0) is 54.7 Å². The van der Waals surface area contributed by atoms with E-state index in [2.05, 4.69) is 16.0 Å². The third-order valence-electron chi connectivity index (χ3n) is 5.78. The van der Waals surface area contributed by atoms with Gasteiger partial charge in [0.2, 0.25) is 5.91 Å². The number of rotatable bonds is 4. The average molecular weight is 424 g/mol. The molecule has 1 aliphatic carbocycles. The van der Waals surface area contributed by atoms with E-state index < -0.39 is 0 Å². The maximum absolute atomic E-state index is 13.7. The van der Waals surface area contributed by atoms with E-state index in [0.717, 1.165) is 40.6 Å². The molecule has 0 saturated carbocycles. The highest BCUT2D eigenvalue weighted by Gasteiger charge is 2.27. The summed E-state index contributed by atoms with van der Waals surface area (Å²) in [6, 6.07) is 12.5. The number of hydrogen-bond acceptors (Lipinski definition) is 2. The third kappa shape index (κ3) is 3.80. The van der Waals surface area contributed by atoms with Crippen LogP contribution in [0.25, 0.3) is 10.9 Å². The van der Waals surface area contributed by atoms with Crippen LogP contribution < -0.4 is 5.32 Å². The SMILES string of the molecule is CC(C)C(=O)NC1CCc2c(c3cc(C#N)c(Cl)cc3n2Cc2cccc(F)c2)C1. The van der Waals surface area contributed by atoms with Gasteiger partial charge in [0.1, 0.15) is 11.9 Å². The van der Waals surface area contributed by atoms with Gasteiger partial charge in [0.05, 0.1) is 16.1 Å². The van der Waals surface area contributed by atoms with Crippen molar-refractivity contribution in [2.24, 2.45) is 5.92 Å². The van der Waals surface area contributed by atoms with Gasteiger partial charge in [-0.2, -0.15) is 5.26 Å². The fraction of sp³-hybridized carbons (Fsp3) is 0.333. The van der Waals surface area contributed by atoms with Crippen molar-refractivity contribution < 1.29 is 9.18 Å². The largest absolute Gasteiger partial charge is 0.353 e. The Labute approximate surface area is 180 Å². The molecule has 0 aliphatic heterocycles. The van der Waals surface area contributed by atoms with Gasteiger partial charge in [0.25, 0.3) is 0 Å².